The molecule has 2 aromatic carbocycles. The second-order valence-electron chi connectivity index (χ2n) is 4.81. The Morgan fingerprint density at radius 1 is 0.900 bits per heavy atom. The molecule has 0 saturated heterocycles. The fourth-order valence-corrected chi connectivity index (χ4v) is 2.19. The Hall–Kier alpha value is -1.81. The maximum Gasteiger partial charge on any atom is 0.163 e. The molecule has 0 spiro atoms. The van der Waals surface area contributed by atoms with Crippen LogP contribution in [0.1, 0.15) is 37.1 Å². The highest BCUT2D eigenvalue weighted by molar-refractivity contribution is 5.24. The highest BCUT2D eigenvalue weighted by Crippen LogP contribution is 2.23. The summed E-state index contributed by atoms with van der Waals surface area (Å²) in [4.78, 5) is 0. The van der Waals surface area contributed by atoms with Crippen molar-refractivity contribution in [2.45, 2.75) is 25.9 Å². The monoisotopic (exact) mass is 279 g/mol. The summed E-state index contributed by atoms with van der Waals surface area (Å²) in [7, 11) is 0. The van der Waals surface area contributed by atoms with E-state index in [4.69, 9.17) is 0 Å². The van der Waals surface area contributed by atoms with Crippen molar-refractivity contribution in [3.05, 3.63) is 71.0 Å². The zero-order valence-corrected chi connectivity index (χ0v) is 11.3. The third-order valence-corrected chi connectivity index (χ3v) is 3.30. The van der Waals surface area contributed by atoms with Crippen LogP contribution >= 0.6 is 0 Å². The lowest BCUT2D eigenvalue weighted by molar-refractivity contribution is 0.448. The topological polar surface area (TPSA) is 12.0 Å². The largest absolute Gasteiger partial charge is 0.304 e. The quantitative estimate of drug-likeness (QED) is 0.868. The predicted molar refractivity (Wildman–Crippen MR) is 72.7 cm³/mol. The van der Waals surface area contributed by atoms with Gasteiger partial charge in [0.05, 0.1) is 0 Å². The summed E-state index contributed by atoms with van der Waals surface area (Å²) >= 11 is 0. The summed E-state index contributed by atoms with van der Waals surface area (Å²) in [5, 5.41) is 3.13. The molecular formula is C16H16F3N. The van der Waals surface area contributed by atoms with Crippen LogP contribution in [0.15, 0.2) is 42.5 Å². The molecule has 2 atom stereocenters. The van der Waals surface area contributed by atoms with E-state index in [9.17, 15) is 13.2 Å². The summed E-state index contributed by atoms with van der Waals surface area (Å²) in [6.07, 6.45) is 0. The molecular weight excluding hydrogens is 263 g/mol. The molecule has 106 valence electrons. The van der Waals surface area contributed by atoms with Gasteiger partial charge in [0.15, 0.2) is 11.6 Å². The smallest absolute Gasteiger partial charge is 0.163 e. The molecule has 0 saturated carbocycles. The van der Waals surface area contributed by atoms with E-state index >= 15 is 0 Å². The van der Waals surface area contributed by atoms with Crippen molar-refractivity contribution in [2.75, 3.05) is 0 Å². The minimum atomic E-state index is -0.866. The number of rotatable bonds is 4. The van der Waals surface area contributed by atoms with Crippen molar-refractivity contribution in [3.63, 3.8) is 0 Å². The van der Waals surface area contributed by atoms with Crippen molar-refractivity contribution < 1.29 is 13.2 Å². The Kier molecular flexibility index (Phi) is 4.45. The molecule has 0 fully saturated rings. The lowest BCUT2D eigenvalue weighted by Crippen LogP contribution is -2.23. The van der Waals surface area contributed by atoms with E-state index in [1.807, 2.05) is 6.92 Å². The molecule has 0 aliphatic heterocycles. The van der Waals surface area contributed by atoms with Crippen LogP contribution in [0.5, 0.6) is 0 Å². The van der Waals surface area contributed by atoms with Crippen molar-refractivity contribution in [1.29, 1.82) is 0 Å². The minimum absolute atomic E-state index is 0.177. The molecule has 2 aromatic rings. The van der Waals surface area contributed by atoms with Crippen LogP contribution in [0.3, 0.4) is 0 Å². The maximum atomic E-state index is 13.7. The predicted octanol–water partition coefficient (Wildman–Crippen LogP) is 4.52. The van der Waals surface area contributed by atoms with E-state index in [1.54, 1.807) is 19.1 Å². The summed E-state index contributed by atoms with van der Waals surface area (Å²) < 4.78 is 40.1. The van der Waals surface area contributed by atoms with Crippen LogP contribution < -0.4 is 5.32 Å². The SMILES string of the molecule is CC(N[C@@H](C)c1cccc(F)c1)c1cccc(F)c1F. The highest BCUT2D eigenvalue weighted by Gasteiger charge is 2.16. The summed E-state index contributed by atoms with van der Waals surface area (Å²) in [6, 6.07) is 9.73. The van der Waals surface area contributed by atoms with Crippen LogP contribution in [0, 0.1) is 17.5 Å². The molecule has 0 radical (unpaired) electrons. The number of benzene rings is 2. The van der Waals surface area contributed by atoms with Gasteiger partial charge < -0.3 is 5.32 Å². The van der Waals surface area contributed by atoms with Gasteiger partial charge >= 0.3 is 0 Å². The summed E-state index contributed by atoms with van der Waals surface area (Å²) in [5.74, 6) is -2.03. The normalized spacial score (nSPS) is 14.1. The van der Waals surface area contributed by atoms with E-state index in [-0.39, 0.29) is 23.5 Å². The van der Waals surface area contributed by atoms with Crippen LogP contribution in [-0.4, -0.2) is 0 Å². The fourth-order valence-electron chi connectivity index (χ4n) is 2.19. The van der Waals surface area contributed by atoms with Gasteiger partial charge in [-0.15, -0.1) is 0 Å². The Labute approximate surface area is 116 Å². The molecule has 0 bridgehead atoms. The first-order chi connectivity index (χ1) is 9.49. The van der Waals surface area contributed by atoms with Gasteiger partial charge in [0.2, 0.25) is 0 Å². The highest BCUT2D eigenvalue weighted by atomic mass is 19.2. The van der Waals surface area contributed by atoms with E-state index in [1.165, 1.54) is 24.3 Å². The number of halogens is 3. The molecule has 0 aliphatic rings. The average molecular weight is 279 g/mol. The Morgan fingerprint density at radius 3 is 2.30 bits per heavy atom. The van der Waals surface area contributed by atoms with Crippen molar-refractivity contribution in [1.82, 2.24) is 5.32 Å². The van der Waals surface area contributed by atoms with Gasteiger partial charge in [0.25, 0.3) is 0 Å². The van der Waals surface area contributed by atoms with Gasteiger partial charge in [-0.3, -0.25) is 0 Å². The summed E-state index contributed by atoms with van der Waals surface area (Å²) in [6.45, 7) is 3.59. The minimum Gasteiger partial charge on any atom is -0.304 e. The van der Waals surface area contributed by atoms with Crippen LogP contribution in [0.4, 0.5) is 13.2 Å². The molecule has 0 heterocycles. The number of nitrogens with one attached hydrogen (secondary N) is 1. The molecule has 0 aromatic heterocycles. The molecule has 4 heteroatoms. The first kappa shape index (κ1) is 14.6. The van der Waals surface area contributed by atoms with Gasteiger partial charge in [0.1, 0.15) is 5.82 Å². The first-order valence-corrected chi connectivity index (χ1v) is 6.44. The molecule has 0 amide bonds. The van der Waals surface area contributed by atoms with E-state index < -0.39 is 11.6 Å². The Bertz CT molecular complexity index is 598. The third kappa shape index (κ3) is 3.20. The van der Waals surface area contributed by atoms with Crippen molar-refractivity contribution in [2.24, 2.45) is 0 Å². The maximum absolute atomic E-state index is 13.7. The van der Waals surface area contributed by atoms with Gasteiger partial charge in [-0.25, -0.2) is 13.2 Å². The zero-order valence-electron chi connectivity index (χ0n) is 11.3. The van der Waals surface area contributed by atoms with E-state index in [0.29, 0.717) is 0 Å². The summed E-state index contributed by atoms with van der Waals surface area (Å²) in [5.41, 5.74) is 1.02. The van der Waals surface area contributed by atoms with E-state index in [0.717, 1.165) is 11.6 Å². The molecule has 2 rings (SSSR count). The Balaban J connectivity index is 2.15. The fraction of sp³-hybridized carbons (Fsp3) is 0.250. The second-order valence-corrected chi connectivity index (χ2v) is 4.81. The van der Waals surface area contributed by atoms with Crippen LogP contribution in [0.2, 0.25) is 0 Å². The molecule has 1 N–H and O–H groups in total. The molecule has 1 nitrogen and oxygen atoms in total. The van der Waals surface area contributed by atoms with E-state index in [2.05, 4.69) is 5.32 Å². The van der Waals surface area contributed by atoms with Gasteiger partial charge in [-0.2, -0.15) is 0 Å². The van der Waals surface area contributed by atoms with Gasteiger partial charge in [0, 0.05) is 17.6 Å². The molecule has 20 heavy (non-hydrogen) atoms. The lowest BCUT2D eigenvalue weighted by atomic mass is 10.0. The van der Waals surface area contributed by atoms with Crippen molar-refractivity contribution in [3.8, 4) is 0 Å². The average Bonchev–Trinajstić information content (AvgIpc) is 2.41. The molecule has 1 unspecified atom stereocenters. The standard InChI is InChI=1S/C16H16F3N/c1-10(12-5-3-6-13(17)9-12)20-11(2)14-7-4-8-15(18)16(14)19/h3-11,20H,1-2H3/t10-,11?/m0/s1. The van der Waals surface area contributed by atoms with Crippen LogP contribution in [0.25, 0.3) is 0 Å². The van der Waals surface area contributed by atoms with Gasteiger partial charge in [-0.1, -0.05) is 24.3 Å². The lowest BCUT2D eigenvalue weighted by Gasteiger charge is -2.21. The Morgan fingerprint density at radius 2 is 1.60 bits per heavy atom. The second kappa shape index (κ2) is 6.09. The molecule has 0 aliphatic carbocycles. The zero-order chi connectivity index (χ0) is 14.7. The number of hydrogen-bond acceptors (Lipinski definition) is 1. The van der Waals surface area contributed by atoms with Crippen molar-refractivity contribution >= 4 is 0 Å². The van der Waals surface area contributed by atoms with Crippen LogP contribution in [-0.2, 0) is 0 Å². The first-order valence-electron chi connectivity index (χ1n) is 6.44. The van der Waals surface area contributed by atoms with Gasteiger partial charge in [-0.05, 0) is 37.6 Å². The third-order valence-electron chi connectivity index (χ3n) is 3.30. The number of hydrogen-bond donors (Lipinski definition) is 1.